The van der Waals surface area contributed by atoms with Gasteiger partial charge in [0.15, 0.2) is 0 Å². The molecule has 150 valence electrons. The van der Waals surface area contributed by atoms with Crippen LogP contribution < -0.4 is 16.0 Å². The van der Waals surface area contributed by atoms with Gasteiger partial charge >= 0.3 is 0 Å². The van der Waals surface area contributed by atoms with E-state index >= 15 is 0 Å². The maximum atomic E-state index is 12.6. The minimum atomic E-state index is -0.0906. The number of methoxy groups -OCH3 is 1. The van der Waals surface area contributed by atoms with E-state index in [0.717, 1.165) is 37.2 Å². The predicted molar refractivity (Wildman–Crippen MR) is 108 cm³/mol. The fourth-order valence-corrected chi connectivity index (χ4v) is 3.52. The fourth-order valence-electron chi connectivity index (χ4n) is 3.52. The lowest BCUT2D eigenvalue weighted by Gasteiger charge is -2.37. The topological polar surface area (TPSA) is 79.5 Å². The molecule has 2 rings (SSSR count). The number of amides is 2. The highest BCUT2D eigenvalue weighted by Crippen LogP contribution is 2.28. The molecule has 27 heavy (non-hydrogen) atoms. The molecule has 0 saturated carbocycles. The molecule has 1 aliphatic rings. The lowest BCUT2D eigenvalue weighted by Crippen LogP contribution is -2.47. The number of rotatable bonds is 8. The molecule has 1 heterocycles. The minimum Gasteiger partial charge on any atom is -0.384 e. The summed E-state index contributed by atoms with van der Waals surface area (Å²) in [6.45, 7) is 9.08. The van der Waals surface area contributed by atoms with Crippen molar-refractivity contribution >= 4 is 17.5 Å². The van der Waals surface area contributed by atoms with Gasteiger partial charge in [-0.2, -0.15) is 0 Å². The van der Waals surface area contributed by atoms with E-state index in [1.54, 1.807) is 19.2 Å². The van der Waals surface area contributed by atoms with Gasteiger partial charge in [0, 0.05) is 36.7 Å². The standard InChI is InChI=1S/C21H33N3O3/c1-15(2)11-19(25)24-18-6-5-17(12-16(18)3)20(26)23-13-21(14-27-4)7-9-22-10-8-21/h5-6,12,15,22H,7-11,13-14H2,1-4H3,(H,23,26)(H,24,25). The molecule has 0 aliphatic carbocycles. The summed E-state index contributed by atoms with van der Waals surface area (Å²) < 4.78 is 5.40. The van der Waals surface area contributed by atoms with E-state index in [4.69, 9.17) is 4.74 Å². The average molecular weight is 376 g/mol. The first-order valence-electron chi connectivity index (χ1n) is 9.73. The Kier molecular flexibility index (Phi) is 7.80. The van der Waals surface area contributed by atoms with Gasteiger partial charge in [0.1, 0.15) is 0 Å². The number of nitrogens with one attached hydrogen (secondary N) is 3. The second-order valence-corrected chi connectivity index (χ2v) is 8.04. The smallest absolute Gasteiger partial charge is 0.251 e. The summed E-state index contributed by atoms with van der Waals surface area (Å²) in [6.07, 6.45) is 2.46. The molecule has 0 bridgehead atoms. The number of anilines is 1. The second-order valence-electron chi connectivity index (χ2n) is 8.04. The van der Waals surface area contributed by atoms with Gasteiger partial charge in [0.2, 0.25) is 5.91 Å². The van der Waals surface area contributed by atoms with E-state index in [2.05, 4.69) is 16.0 Å². The van der Waals surface area contributed by atoms with Crippen LogP contribution >= 0.6 is 0 Å². The van der Waals surface area contributed by atoms with Crippen molar-refractivity contribution in [3.8, 4) is 0 Å². The van der Waals surface area contributed by atoms with Gasteiger partial charge < -0.3 is 20.7 Å². The number of carbonyl (C=O) groups is 2. The number of ether oxygens (including phenoxy) is 1. The van der Waals surface area contributed by atoms with E-state index in [9.17, 15) is 9.59 Å². The molecule has 0 radical (unpaired) electrons. The molecule has 1 fully saturated rings. The zero-order valence-corrected chi connectivity index (χ0v) is 17.0. The van der Waals surface area contributed by atoms with E-state index in [-0.39, 0.29) is 17.2 Å². The Bertz CT molecular complexity index is 647. The summed E-state index contributed by atoms with van der Waals surface area (Å²) in [5, 5.41) is 9.35. The monoisotopic (exact) mass is 375 g/mol. The number of hydrogen-bond donors (Lipinski definition) is 3. The van der Waals surface area contributed by atoms with Crippen LogP contribution in [0, 0.1) is 18.3 Å². The van der Waals surface area contributed by atoms with E-state index in [0.29, 0.717) is 31.1 Å². The Balaban J connectivity index is 1.98. The van der Waals surface area contributed by atoms with Crippen LogP contribution in [0.2, 0.25) is 0 Å². The highest BCUT2D eigenvalue weighted by Gasteiger charge is 2.32. The van der Waals surface area contributed by atoms with Crippen LogP contribution in [0.15, 0.2) is 18.2 Å². The number of aryl methyl sites for hydroxylation is 1. The molecule has 6 heteroatoms. The predicted octanol–water partition coefficient (Wildman–Crippen LogP) is 2.73. The van der Waals surface area contributed by atoms with Crippen LogP contribution in [-0.4, -0.2) is 45.2 Å². The zero-order valence-electron chi connectivity index (χ0n) is 17.0. The quantitative estimate of drug-likeness (QED) is 0.653. The normalized spacial score (nSPS) is 16.2. The lowest BCUT2D eigenvalue weighted by molar-refractivity contribution is -0.116. The Labute approximate surface area is 162 Å². The first-order valence-corrected chi connectivity index (χ1v) is 9.73. The molecule has 1 aromatic carbocycles. The van der Waals surface area contributed by atoms with Gasteiger partial charge in [0.25, 0.3) is 5.91 Å². The fraction of sp³-hybridized carbons (Fsp3) is 0.619. The molecule has 0 atom stereocenters. The van der Waals surface area contributed by atoms with Gasteiger partial charge in [0.05, 0.1) is 6.61 Å². The Hall–Kier alpha value is -1.92. The van der Waals surface area contributed by atoms with Crippen LogP contribution in [0.4, 0.5) is 5.69 Å². The zero-order chi connectivity index (χ0) is 19.9. The van der Waals surface area contributed by atoms with Crippen molar-refractivity contribution in [2.24, 2.45) is 11.3 Å². The summed E-state index contributed by atoms with van der Waals surface area (Å²) >= 11 is 0. The van der Waals surface area contributed by atoms with Gasteiger partial charge in [-0.1, -0.05) is 13.8 Å². The van der Waals surface area contributed by atoms with Crippen molar-refractivity contribution < 1.29 is 14.3 Å². The van der Waals surface area contributed by atoms with Crippen molar-refractivity contribution in [3.05, 3.63) is 29.3 Å². The summed E-state index contributed by atoms with van der Waals surface area (Å²) in [5.74, 6) is 0.217. The van der Waals surface area contributed by atoms with E-state index < -0.39 is 0 Å². The third kappa shape index (κ3) is 6.33. The van der Waals surface area contributed by atoms with Crippen molar-refractivity contribution in [3.63, 3.8) is 0 Å². The summed E-state index contributed by atoms with van der Waals surface area (Å²) in [5.41, 5.74) is 2.24. The highest BCUT2D eigenvalue weighted by molar-refractivity contribution is 5.96. The Morgan fingerprint density at radius 3 is 2.56 bits per heavy atom. The maximum absolute atomic E-state index is 12.6. The van der Waals surface area contributed by atoms with Crippen LogP contribution in [0.1, 0.15) is 49.0 Å². The number of hydrogen-bond acceptors (Lipinski definition) is 4. The van der Waals surface area contributed by atoms with Crippen LogP contribution in [0.5, 0.6) is 0 Å². The van der Waals surface area contributed by atoms with Crippen LogP contribution in [0.3, 0.4) is 0 Å². The summed E-state index contributed by atoms with van der Waals surface area (Å²) in [6, 6.07) is 5.39. The first kappa shape index (κ1) is 21.4. The second kappa shape index (κ2) is 9.85. The third-order valence-electron chi connectivity index (χ3n) is 5.10. The van der Waals surface area contributed by atoms with Gasteiger partial charge in [-0.3, -0.25) is 9.59 Å². The molecular formula is C21H33N3O3. The molecule has 6 nitrogen and oxygen atoms in total. The molecule has 2 amide bonds. The van der Waals surface area contributed by atoms with E-state index in [1.807, 2.05) is 26.8 Å². The maximum Gasteiger partial charge on any atom is 0.251 e. The largest absolute Gasteiger partial charge is 0.384 e. The van der Waals surface area contributed by atoms with Crippen molar-refractivity contribution in [1.82, 2.24) is 10.6 Å². The van der Waals surface area contributed by atoms with Crippen LogP contribution in [-0.2, 0) is 9.53 Å². The molecular weight excluding hydrogens is 342 g/mol. The molecule has 0 aromatic heterocycles. The van der Waals surface area contributed by atoms with Gasteiger partial charge in [-0.25, -0.2) is 0 Å². The SMILES string of the molecule is COCC1(CNC(=O)c2ccc(NC(=O)CC(C)C)c(C)c2)CCNCC1. The van der Waals surface area contributed by atoms with Gasteiger partial charge in [-0.05, 0) is 62.5 Å². The molecule has 1 aromatic rings. The third-order valence-corrected chi connectivity index (χ3v) is 5.10. The number of benzene rings is 1. The molecule has 1 aliphatic heterocycles. The molecule has 0 unspecified atom stereocenters. The molecule has 0 spiro atoms. The van der Waals surface area contributed by atoms with Gasteiger partial charge in [-0.15, -0.1) is 0 Å². The van der Waals surface area contributed by atoms with Crippen LogP contribution in [0.25, 0.3) is 0 Å². The van der Waals surface area contributed by atoms with E-state index in [1.165, 1.54) is 0 Å². The summed E-state index contributed by atoms with van der Waals surface area (Å²) in [4.78, 5) is 24.6. The lowest BCUT2D eigenvalue weighted by atomic mass is 9.79. The van der Waals surface area contributed by atoms with Crippen molar-refractivity contribution in [1.29, 1.82) is 0 Å². The average Bonchev–Trinajstić information content (AvgIpc) is 2.62. The minimum absolute atomic E-state index is 0.00211. The summed E-state index contributed by atoms with van der Waals surface area (Å²) in [7, 11) is 1.71. The highest BCUT2D eigenvalue weighted by atomic mass is 16.5. The molecule has 1 saturated heterocycles. The number of piperidine rings is 1. The molecule has 3 N–H and O–H groups in total. The Morgan fingerprint density at radius 2 is 1.96 bits per heavy atom. The Morgan fingerprint density at radius 1 is 1.26 bits per heavy atom. The number of carbonyl (C=O) groups excluding carboxylic acids is 2. The van der Waals surface area contributed by atoms with Crippen molar-refractivity contribution in [2.45, 2.75) is 40.0 Å². The van der Waals surface area contributed by atoms with Crippen molar-refractivity contribution in [2.75, 3.05) is 38.7 Å². The first-order chi connectivity index (χ1) is 12.8.